The van der Waals surface area contributed by atoms with Crippen molar-refractivity contribution in [3.05, 3.63) is 73.6 Å². The fraction of sp³-hybridized carbons (Fsp3) is 0.286. The Morgan fingerprint density at radius 2 is 1.97 bits per heavy atom. The van der Waals surface area contributed by atoms with Gasteiger partial charge in [-0.2, -0.15) is 5.26 Å². The first-order chi connectivity index (χ1) is 13.9. The van der Waals surface area contributed by atoms with E-state index >= 15 is 0 Å². The van der Waals surface area contributed by atoms with Crippen LogP contribution < -0.4 is 11.2 Å². The number of rotatable bonds is 4. The number of methoxy groups -OCH3 is 1. The van der Waals surface area contributed by atoms with E-state index in [9.17, 15) is 14.4 Å². The summed E-state index contributed by atoms with van der Waals surface area (Å²) in [5.41, 5.74) is 1.04. The number of fused-ring (bicyclic) bond motifs is 1. The monoisotopic (exact) mass is 390 g/mol. The van der Waals surface area contributed by atoms with E-state index < -0.39 is 17.2 Å². The summed E-state index contributed by atoms with van der Waals surface area (Å²) in [4.78, 5) is 43.0. The molecule has 3 aromatic rings. The van der Waals surface area contributed by atoms with Gasteiger partial charge in [-0.3, -0.25) is 13.9 Å². The molecule has 0 N–H and O–H groups in total. The van der Waals surface area contributed by atoms with Crippen LogP contribution in [-0.4, -0.2) is 27.2 Å². The summed E-state index contributed by atoms with van der Waals surface area (Å²) < 4.78 is 7.23. The molecule has 0 radical (unpaired) electrons. The van der Waals surface area contributed by atoms with Crippen LogP contribution >= 0.6 is 0 Å². The van der Waals surface area contributed by atoms with Crippen LogP contribution in [0.1, 0.15) is 45.9 Å². The molecule has 0 atom stereocenters. The van der Waals surface area contributed by atoms with Crippen LogP contribution in [0.4, 0.5) is 0 Å². The molecule has 8 nitrogen and oxygen atoms in total. The lowest BCUT2D eigenvalue weighted by Crippen LogP contribution is -2.40. The summed E-state index contributed by atoms with van der Waals surface area (Å²) in [5.74, 6) is -0.404. The van der Waals surface area contributed by atoms with Crippen molar-refractivity contribution in [3.8, 4) is 6.07 Å². The van der Waals surface area contributed by atoms with Crippen molar-refractivity contribution in [2.45, 2.75) is 25.3 Å². The third-order valence-electron chi connectivity index (χ3n) is 5.14. The van der Waals surface area contributed by atoms with Gasteiger partial charge in [0.05, 0.1) is 36.2 Å². The second kappa shape index (κ2) is 7.02. The van der Waals surface area contributed by atoms with Gasteiger partial charge in [-0.1, -0.05) is 12.1 Å². The Hall–Kier alpha value is -3.73. The Labute approximate surface area is 165 Å². The van der Waals surface area contributed by atoms with Gasteiger partial charge < -0.3 is 4.74 Å². The molecule has 0 amide bonds. The highest BCUT2D eigenvalue weighted by molar-refractivity contribution is 6.02. The van der Waals surface area contributed by atoms with E-state index in [0.29, 0.717) is 16.8 Å². The van der Waals surface area contributed by atoms with Gasteiger partial charge in [0.15, 0.2) is 0 Å². The van der Waals surface area contributed by atoms with E-state index in [0.717, 1.165) is 17.4 Å². The number of pyridine rings is 1. The maximum atomic E-state index is 13.2. The van der Waals surface area contributed by atoms with Gasteiger partial charge in [0.25, 0.3) is 5.56 Å². The molecule has 1 aliphatic carbocycles. The van der Waals surface area contributed by atoms with Crippen molar-refractivity contribution in [2.24, 2.45) is 7.05 Å². The lowest BCUT2D eigenvalue weighted by Gasteiger charge is -2.13. The Balaban J connectivity index is 1.95. The number of esters is 1. The number of ether oxygens (including phenoxy) is 1. The van der Waals surface area contributed by atoms with Crippen LogP contribution in [-0.2, 0) is 18.3 Å². The van der Waals surface area contributed by atoms with Gasteiger partial charge in [-0.25, -0.2) is 14.6 Å². The van der Waals surface area contributed by atoms with Crippen molar-refractivity contribution in [1.82, 2.24) is 14.1 Å². The summed E-state index contributed by atoms with van der Waals surface area (Å²) in [6.07, 6.45) is 1.92. The molecule has 1 fully saturated rings. The van der Waals surface area contributed by atoms with Crippen LogP contribution in [0.15, 0.2) is 39.9 Å². The average molecular weight is 390 g/mol. The van der Waals surface area contributed by atoms with E-state index in [-0.39, 0.29) is 29.1 Å². The number of carbonyl (C=O) groups is 1. The lowest BCUT2D eigenvalue weighted by atomic mass is 10.1. The molecule has 1 aromatic carbocycles. The minimum atomic E-state index is -0.639. The van der Waals surface area contributed by atoms with Crippen LogP contribution in [0.2, 0.25) is 0 Å². The van der Waals surface area contributed by atoms with Crippen LogP contribution in [0.3, 0.4) is 0 Å². The zero-order chi connectivity index (χ0) is 20.7. The highest BCUT2D eigenvalue weighted by Crippen LogP contribution is 2.39. The minimum Gasteiger partial charge on any atom is -0.465 e. The van der Waals surface area contributed by atoms with Crippen molar-refractivity contribution < 1.29 is 9.53 Å². The molecular weight excluding hydrogens is 372 g/mol. The van der Waals surface area contributed by atoms with Crippen molar-refractivity contribution in [2.75, 3.05) is 7.11 Å². The number of hydrogen-bond acceptors (Lipinski definition) is 6. The molecule has 0 bridgehead atoms. The topological polar surface area (TPSA) is 107 Å². The molecule has 0 unspecified atom stereocenters. The number of aromatic nitrogens is 3. The van der Waals surface area contributed by atoms with Gasteiger partial charge in [0, 0.05) is 18.7 Å². The van der Waals surface area contributed by atoms with Crippen LogP contribution in [0.5, 0.6) is 0 Å². The number of carbonyl (C=O) groups excluding carboxylic acids is 1. The molecule has 8 heteroatoms. The molecule has 29 heavy (non-hydrogen) atoms. The summed E-state index contributed by atoms with van der Waals surface area (Å²) in [6, 6.07) is 10.2. The van der Waals surface area contributed by atoms with Gasteiger partial charge in [-0.15, -0.1) is 0 Å². The highest BCUT2D eigenvalue weighted by Gasteiger charge is 2.29. The molecule has 4 rings (SSSR count). The highest BCUT2D eigenvalue weighted by atomic mass is 16.5. The predicted molar refractivity (Wildman–Crippen MR) is 105 cm³/mol. The molecule has 0 saturated heterocycles. The third kappa shape index (κ3) is 3.21. The summed E-state index contributed by atoms with van der Waals surface area (Å²) in [5, 5.41) is 8.99. The Kier molecular flexibility index (Phi) is 4.51. The first-order valence-electron chi connectivity index (χ1n) is 9.16. The Bertz CT molecular complexity index is 1290. The number of benzene rings is 1. The predicted octanol–water partition coefficient (Wildman–Crippen LogP) is 1.68. The quantitative estimate of drug-likeness (QED) is 0.628. The average Bonchev–Trinajstić information content (AvgIpc) is 3.59. The first kappa shape index (κ1) is 18.6. The maximum Gasteiger partial charge on any atom is 0.338 e. The van der Waals surface area contributed by atoms with Gasteiger partial charge in [0.2, 0.25) is 0 Å². The van der Waals surface area contributed by atoms with Crippen molar-refractivity contribution in [1.29, 1.82) is 5.26 Å². The fourth-order valence-electron chi connectivity index (χ4n) is 3.36. The van der Waals surface area contributed by atoms with E-state index in [1.165, 1.54) is 18.7 Å². The second-order valence-electron chi connectivity index (χ2n) is 7.10. The fourth-order valence-corrected chi connectivity index (χ4v) is 3.36. The summed E-state index contributed by atoms with van der Waals surface area (Å²) >= 11 is 0. The lowest BCUT2D eigenvalue weighted by molar-refractivity contribution is 0.0602. The number of nitriles is 1. The van der Waals surface area contributed by atoms with Crippen LogP contribution in [0.25, 0.3) is 11.0 Å². The zero-order valence-corrected chi connectivity index (χ0v) is 16.0. The molecule has 1 saturated carbocycles. The number of hydrogen-bond donors (Lipinski definition) is 0. The Morgan fingerprint density at radius 3 is 2.55 bits per heavy atom. The molecule has 146 valence electrons. The van der Waals surface area contributed by atoms with Gasteiger partial charge in [-0.05, 0) is 36.6 Å². The SMILES string of the molecule is COC(=O)c1cc(C2CC2)nc2c1c(=O)n(Cc1ccc(C#N)cc1)c(=O)n2C. The van der Waals surface area contributed by atoms with E-state index in [2.05, 4.69) is 4.98 Å². The molecule has 0 spiro atoms. The minimum absolute atomic E-state index is 0.0120. The summed E-state index contributed by atoms with van der Waals surface area (Å²) in [7, 11) is 2.78. The molecule has 2 aromatic heterocycles. The van der Waals surface area contributed by atoms with E-state index in [4.69, 9.17) is 10.00 Å². The molecule has 1 aliphatic rings. The van der Waals surface area contributed by atoms with E-state index in [1.807, 2.05) is 6.07 Å². The van der Waals surface area contributed by atoms with Gasteiger partial charge >= 0.3 is 11.7 Å². The normalized spacial score (nSPS) is 13.3. The first-order valence-corrected chi connectivity index (χ1v) is 9.16. The molecule has 0 aliphatic heterocycles. The summed E-state index contributed by atoms with van der Waals surface area (Å²) in [6.45, 7) is 0.0120. The maximum absolute atomic E-state index is 13.2. The van der Waals surface area contributed by atoms with Crippen molar-refractivity contribution in [3.63, 3.8) is 0 Å². The molecular formula is C21H18N4O4. The van der Waals surface area contributed by atoms with Crippen LogP contribution in [0, 0.1) is 11.3 Å². The number of aryl methyl sites for hydroxylation is 1. The smallest absolute Gasteiger partial charge is 0.338 e. The van der Waals surface area contributed by atoms with E-state index in [1.54, 1.807) is 30.3 Å². The molecule has 2 heterocycles. The number of nitrogens with zero attached hydrogens (tertiary/aromatic N) is 4. The van der Waals surface area contributed by atoms with Crippen molar-refractivity contribution >= 4 is 17.0 Å². The zero-order valence-electron chi connectivity index (χ0n) is 16.0. The third-order valence-corrected chi connectivity index (χ3v) is 5.14. The Morgan fingerprint density at radius 1 is 1.28 bits per heavy atom. The second-order valence-corrected chi connectivity index (χ2v) is 7.10. The van der Waals surface area contributed by atoms with Gasteiger partial charge in [0.1, 0.15) is 5.65 Å². The standard InChI is InChI=1S/C21H18N4O4/c1-24-18-17(15(20(27)29-2)9-16(23-18)14-7-8-14)19(26)25(21(24)28)11-13-5-3-12(10-22)4-6-13/h3-6,9,14H,7-8,11H2,1-2H3. The largest absolute Gasteiger partial charge is 0.465 e.